The Bertz CT molecular complexity index is 611. The number of carbonyl (C=O) groups is 2. The summed E-state index contributed by atoms with van der Waals surface area (Å²) in [5.41, 5.74) is 1.08. The molecule has 0 N–H and O–H groups in total. The third-order valence-electron chi connectivity index (χ3n) is 5.61. The molecule has 2 aliphatic rings. The van der Waals surface area contributed by atoms with E-state index in [0.29, 0.717) is 24.7 Å². The Morgan fingerprint density at radius 1 is 1.00 bits per heavy atom. The number of piperidine rings is 1. The van der Waals surface area contributed by atoms with Crippen LogP contribution < -0.4 is 0 Å². The van der Waals surface area contributed by atoms with Gasteiger partial charge in [0, 0.05) is 37.5 Å². The van der Waals surface area contributed by atoms with Gasteiger partial charge in [0.15, 0.2) is 0 Å². The summed E-state index contributed by atoms with van der Waals surface area (Å²) in [6, 6.07) is 8.27. The van der Waals surface area contributed by atoms with Gasteiger partial charge in [0.1, 0.15) is 0 Å². The Morgan fingerprint density at radius 3 is 2.38 bits per heavy atom. The quantitative estimate of drug-likeness (QED) is 0.715. The van der Waals surface area contributed by atoms with E-state index in [0.717, 1.165) is 63.8 Å². The van der Waals surface area contributed by atoms with Crippen LogP contribution in [0.5, 0.6) is 0 Å². The lowest BCUT2D eigenvalue weighted by atomic mass is 9.92. The molecule has 142 valence electrons. The van der Waals surface area contributed by atoms with E-state index < -0.39 is 0 Å². The van der Waals surface area contributed by atoms with Crippen LogP contribution in [-0.2, 0) is 16.0 Å². The van der Waals surface area contributed by atoms with Crippen LogP contribution in [-0.4, -0.2) is 54.0 Å². The van der Waals surface area contributed by atoms with Gasteiger partial charge in [-0.15, -0.1) is 11.8 Å². The van der Waals surface area contributed by atoms with Gasteiger partial charge >= 0.3 is 0 Å². The summed E-state index contributed by atoms with van der Waals surface area (Å²) < 4.78 is 0. The number of nitrogens with zero attached hydrogens (tertiary/aromatic N) is 2. The third-order valence-corrected chi connectivity index (χ3v) is 6.35. The Balaban J connectivity index is 1.45. The monoisotopic (exact) mass is 374 g/mol. The summed E-state index contributed by atoms with van der Waals surface area (Å²) in [7, 11) is 0. The van der Waals surface area contributed by atoms with Crippen LogP contribution in [0.3, 0.4) is 0 Å². The van der Waals surface area contributed by atoms with Crippen molar-refractivity contribution in [3.63, 3.8) is 0 Å². The van der Waals surface area contributed by atoms with Gasteiger partial charge in [-0.1, -0.05) is 12.1 Å². The smallest absolute Gasteiger partial charge is 0.226 e. The molecule has 0 spiro atoms. The molecule has 0 aliphatic carbocycles. The first-order valence-corrected chi connectivity index (χ1v) is 11.1. The SMILES string of the molecule is CSc1ccc(CC(=O)N2CCCC(CCC(=O)N3CCCC3)C2)cc1. The van der Waals surface area contributed by atoms with E-state index in [-0.39, 0.29) is 5.91 Å². The second-order valence-electron chi connectivity index (χ2n) is 7.50. The van der Waals surface area contributed by atoms with Gasteiger partial charge in [0.05, 0.1) is 6.42 Å². The molecule has 0 radical (unpaired) electrons. The van der Waals surface area contributed by atoms with Crippen molar-refractivity contribution in [1.29, 1.82) is 0 Å². The van der Waals surface area contributed by atoms with Crippen molar-refractivity contribution in [1.82, 2.24) is 9.80 Å². The molecule has 1 aromatic carbocycles. The predicted octanol–water partition coefficient (Wildman–Crippen LogP) is 3.59. The fraction of sp³-hybridized carbons (Fsp3) is 0.619. The standard InChI is InChI=1S/C21H30N2O2S/c1-26-19-9-6-17(7-10-19)15-21(25)23-14-4-5-18(16-23)8-11-20(24)22-12-2-3-13-22/h6-7,9-10,18H,2-5,8,11-16H2,1H3. The summed E-state index contributed by atoms with van der Waals surface area (Å²) >= 11 is 1.72. The highest BCUT2D eigenvalue weighted by Crippen LogP contribution is 2.23. The minimum absolute atomic E-state index is 0.220. The molecule has 0 aromatic heterocycles. The molecule has 2 amide bonds. The second-order valence-corrected chi connectivity index (χ2v) is 8.38. The van der Waals surface area contributed by atoms with Crippen molar-refractivity contribution >= 4 is 23.6 Å². The number of carbonyl (C=O) groups excluding carboxylic acids is 2. The number of likely N-dealkylation sites (tertiary alicyclic amines) is 2. The first kappa shape index (κ1) is 19.3. The topological polar surface area (TPSA) is 40.6 Å². The maximum atomic E-state index is 12.7. The van der Waals surface area contributed by atoms with Crippen LogP contribution in [0.25, 0.3) is 0 Å². The molecule has 0 saturated carbocycles. The molecule has 3 rings (SSSR count). The maximum Gasteiger partial charge on any atom is 0.226 e. The molecule has 1 atom stereocenters. The molecular formula is C21H30N2O2S. The van der Waals surface area contributed by atoms with E-state index in [9.17, 15) is 9.59 Å². The predicted molar refractivity (Wildman–Crippen MR) is 106 cm³/mol. The average Bonchev–Trinajstić information content (AvgIpc) is 3.22. The van der Waals surface area contributed by atoms with E-state index in [2.05, 4.69) is 30.5 Å². The first-order valence-electron chi connectivity index (χ1n) is 9.84. The van der Waals surface area contributed by atoms with Crippen LogP contribution in [0.15, 0.2) is 29.2 Å². The fourth-order valence-corrected chi connectivity index (χ4v) is 4.42. The van der Waals surface area contributed by atoms with E-state index in [1.165, 1.54) is 4.90 Å². The van der Waals surface area contributed by atoms with Crippen LogP contribution >= 0.6 is 11.8 Å². The fourth-order valence-electron chi connectivity index (χ4n) is 4.01. The normalized spacial score (nSPS) is 20.4. The van der Waals surface area contributed by atoms with Crippen LogP contribution in [0.2, 0.25) is 0 Å². The van der Waals surface area contributed by atoms with Crippen molar-refractivity contribution in [3.8, 4) is 0 Å². The second kappa shape index (κ2) is 9.45. The number of benzene rings is 1. The summed E-state index contributed by atoms with van der Waals surface area (Å²) in [6.45, 7) is 3.54. The van der Waals surface area contributed by atoms with Crippen LogP contribution in [0.4, 0.5) is 0 Å². The van der Waals surface area contributed by atoms with Gasteiger partial charge in [-0.25, -0.2) is 0 Å². The van der Waals surface area contributed by atoms with E-state index in [1.807, 2.05) is 9.80 Å². The van der Waals surface area contributed by atoms with E-state index in [1.54, 1.807) is 11.8 Å². The number of thioether (sulfide) groups is 1. The largest absolute Gasteiger partial charge is 0.343 e. The average molecular weight is 375 g/mol. The van der Waals surface area contributed by atoms with Gasteiger partial charge in [-0.3, -0.25) is 9.59 Å². The number of hydrogen-bond acceptors (Lipinski definition) is 3. The van der Waals surface area contributed by atoms with Crippen molar-refractivity contribution in [3.05, 3.63) is 29.8 Å². The zero-order chi connectivity index (χ0) is 18.4. The molecule has 26 heavy (non-hydrogen) atoms. The Morgan fingerprint density at radius 2 is 1.69 bits per heavy atom. The van der Waals surface area contributed by atoms with Gasteiger partial charge in [-0.2, -0.15) is 0 Å². The highest BCUT2D eigenvalue weighted by molar-refractivity contribution is 7.98. The molecular weight excluding hydrogens is 344 g/mol. The highest BCUT2D eigenvalue weighted by atomic mass is 32.2. The van der Waals surface area contributed by atoms with Crippen LogP contribution in [0.1, 0.15) is 44.1 Å². The number of hydrogen-bond donors (Lipinski definition) is 0. The van der Waals surface area contributed by atoms with Crippen molar-refractivity contribution in [2.75, 3.05) is 32.4 Å². The lowest BCUT2D eigenvalue weighted by Gasteiger charge is -2.33. The summed E-state index contributed by atoms with van der Waals surface area (Å²) in [6.07, 6.45) is 8.59. The van der Waals surface area contributed by atoms with Crippen LogP contribution in [0, 0.1) is 5.92 Å². The molecule has 1 aromatic rings. The molecule has 2 fully saturated rings. The Labute approximate surface area is 161 Å². The Kier molecular flexibility index (Phi) is 7.00. The lowest BCUT2D eigenvalue weighted by molar-refractivity contribution is -0.132. The first-order chi connectivity index (χ1) is 12.7. The van der Waals surface area contributed by atoms with Crippen molar-refractivity contribution < 1.29 is 9.59 Å². The number of amides is 2. The molecule has 2 aliphatic heterocycles. The van der Waals surface area contributed by atoms with E-state index >= 15 is 0 Å². The molecule has 4 nitrogen and oxygen atoms in total. The zero-order valence-electron chi connectivity index (χ0n) is 15.8. The molecule has 1 unspecified atom stereocenters. The van der Waals surface area contributed by atoms with Gasteiger partial charge in [-0.05, 0) is 62.0 Å². The maximum absolute atomic E-state index is 12.7. The minimum Gasteiger partial charge on any atom is -0.343 e. The van der Waals surface area contributed by atoms with Gasteiger partial charge < -0.3 is 9.80 Å². The van der Waals surface area contributed by atoms with Gasteiger partial charge in [0.2, 0.25) is 11.8 Å². The lowest BCUT2D eigenvalue weighted by Crippen LogP contribution is -2.41. The van der Waals surface area contributed by atoms with E-state index in [4.69, 9.17) is 0 Å². The molecule has 0 bridgehead atoms. The molecule has 2 saturated heterocycles. The van der Waals surface area contributed by atoms with Gasteiger partial charge in [0.25, 0.3) is 0 Å². The molecule has 2 heterocycles. The summed E-state index contributed by atoms with van der Waals surface area (Å²) in [5, 5.41) is 0. The number of rotatable bonds is 6. The highest BCUT2D eigenvalue weighted by Gasteiger charge is 2.25. The minimum atomic E-state index is 0.220. The molecule has 5 heteroatoms. The zero-order valence-corrected chi connectivity index (χ0v) is 16.6. The third kappa shape index (κ3) is 5.26. The Hall–Kier alpha value is -1.49. The summed E-state index contributed by atoms with van der Waals surface area (Å²) in [5.74, 6) is 0.996. The van der Waals surface area contributed by atoms with Crippen molar-refractivity contribution in [2.24, 2.45) is 5.92 Å². The van der Waals surface area contributed by atoms with Crippen molar-refractivity contribution in [2.45, 2.75) is 49.8 Å². The summed E-state index contributed by atoms with van der Waals surface area (Å²) in [4.78, 5) is 30.1.